The molecule has 4 nitrogen and oxygen atoms in total. The Morgan fingerprint density at radius 2 is 1.35 bits per heavy atom. The Labute approximate surface area is 204 Å². The number of likely N-dealkylation sites (N-methyl/N-ethyl adjacent to an activating group) is 1. The lowest BCUT2D eigenvalue weighted by atomic mass is 9.97. The van der Waals surface area contributed by atoms with Crippen molar-refractivity contribution in [2.75, 3.05) is 7.05 Å². The number of carbonyl (C=O) groups excluding carboxylic acids is 1. The Morgan fingerprint density at radius 3 is 1.89 bits per heavy atom. The van der Waals surface area contributed by atoms with E-state index in [1.54, 1.807) is 6.07 Å². The fourth-order valence-electron chi connectivity index (χ4n) is 3.83. The minimum absolute atomic E-state index is 0.175. The van der Waals surface area contributed by atoms with Crippen molar-refractivity contribution in [2.24, 2.45) is 9.98 Å². The zero-order valence-electron chi connectivity index (χ0n) is 18.7. The van der Waals surface area contributed by atoms with E-state index >= 15 is 0 Å². The number of amides is 1. The molecular weight excluding hydrogens is 510 g/mol. The van der Waals surface area contributed by atoms with Gasteiger partial charge in [0.1, 0.15) is 17.5 Å². The van der Waals surface area contributed by atoms with Crippen LogP contribution >= 0.6 is 0 Å². The fourth-order valence-corrected chi connectivity index (χ4v) is 3.83. The lowest BCUT2D eigenvalue weighted by molar-refractivity contribution is -0.270. The molecule has 0 radical (unpaired) electrons. The van der Waals surface area contributed by atoms with Gasteiger partial charge in [-0.15, -0.1) is 0 Å². The third kappa shape index (κ3) is 4.47. The van der Waals surface area contributed by atoms with Gasteiger partial charge in [0.15, 0.2) is 5.84 Å². The summed E-state index contributed by atoms with van der Waals surface area (Å²) in [6.45, 7) is 0. The molecule has 0 aliphatic carbocycles. The SMILES string of the molecule is CN1C(c2ccc(F)cc2)=NC(C(F)(F)F)(C(F)(F)F)/C1=N\C(=O)c1ccc(-c2ccccc2F)cc1. The van der Waals surface area contributed by atoms with Crippen molar-refractivity contribution in [2.45, 2.75) is 17.9 Å². The van der Waals surface area contributed by atoms with Gasteiger partial charge in [-0.1, -0.05) is 30.3 Å². The first-order valence-electron chi connectivity index (χ1n) is 10.5. The van der Waals surface area contributed by atoms with Crippen LogP contribution in [-0.2, 0) is 0 Å². The first-order chi connectivity index (χ1) is 17.3. The minimum atomic E-state index is -6.03. The van der Waals surface area contributed by atoms with E-state index in [-0.39, 0.29) is 16.7 Å². The van der Waals surface area contributed by atoms with Gasteiger partial charge in [0.05, 0.1) is 0 Å². The van der Waals surface area contributed by atoms with E-state index in [1.807, 2.05) is 0 Å². The molecule has 0 spiro atoms. The van der Waals surface area contributed by atoms with E-state index in [1.165, 1.54) is 30.3 Å². The van der Waals surface area contributed by atoms with Crippen LogP contribution in [0, 0.1) is 11.6 Å². The van der Waals surface area contributed by atoms with E-state index in [2.05, 4.69) is 9.98 Å². The van der Waals surface area contributed by atoms with Gasteiger partial charge < -0.3 is 4.90 Å². The van der Waals surface area contributed by atoms with Crippen LogP contribution in [0.1, 0.15) is 15.9 Å². The van der Waals surface area contributed by atoms with Gasteiger partial charge in [-0.05, 0) is 48.0 Å². The molecule has 3 aromatic carbocycles. The van der Waals surface area contributed by atoms with E-state index in [4.69, 9.17) is 0 Å². The Balaban J connectivity index is 1.80. The number of alkyl halides is 6. The maximum absolute atomic E-state index is 14.1. The molecule has 12 heteroatoms. The molecule has 3 aromatic rings. The highest BCUT2D eigenvalue weighted by molar-refractivity contribution is 6.20. The van der Waals surface area contributed by atoms with Gasteiger partial charge in [-0.2, -0.15) is 31.3 Å². The summed E-state index contributed by atoms with van der Waals surface area (Å²) in [6.07, 6.45) is -12.1. The largest absolute Gasteiger partial charge is 0.430 e. The van der Waals surface area contributed by atoms with Crippen LogP contribution in [0.2, 0.25) is 0 Å². The van der Waals surface area contributed by atoms with Crippen LogP contribution < -0.4 is 0 Å². The smallest absolute Gasteiger partial charge is 0.315 e. The normalized spacial score (nSPS) is 16.7. The summed E-state index contributed by atoms with van der Waals surface area (Å²) in [5, 5.41) is 0. The topological polar surface area (TPSA) is 45.0 Å². The highest BCUT2D eigenvalue weighted by atomic mass is 19.4. The predicted molar refractivity (Wildman–Crippen MR) is 119 cm³/mol. The Kier molecular flexibility index (Phi) is 6.39. The zero-order valence-corrected chi connectivity index (χ0v) is 18.7. The number of halogens is 8. The van der Waals surface area contributed by atoms with Gasteiger partial charge >= 0.3 is 17.9 Å². The van der Waals surface area contributed by atoms with Crippen LogP contribution in [0.25, 0.3) is 11.1 Å². The number of aliphatic imine (C=N–C) groups is 2. The molecule has 0 aromatic heterocycles. The molecule has 1 aliphatic rings. The van der Waals surface area contributed by atoms with Gasteiger partial charge in [-0.25, -0.2) is 13.8 Å². The quantitative estimate of drug-likeness (QED) is 0.370. The number of rotatable bonds is 3. The van der Waals surface area contributed by atoms with Crippen molar-refractivity contribution >= 4 is 17.6 Å². The van der Waals surface area contributed by atoms with Crippen LogP contribution in [0.5, 0.6) is 0 Å². The van der Waals surface area contributed by atoms with Crippen LogP contribution in [-0.4, -0.2) is 47.4 Å². The van der Waals surface area contributed by atoms with Gasteiger partial charge in [-0.3, -0.25) is 4.79 Å². The number of amidine groups is 2. The maximum atomic E-state index is 14.1. The third-order valence-corrected chi connectivity index (χ3v) is 5.68. The molecular formula is C25H15F8N3O. The second-order valence-corrected chi connectivity index (χ2v) is 8.01. The van der Waals surface area contributed by atoms with Crippen molar-refractivity contribution in [1.82, 2.24) is 4.90 Å². The molecule has 1 amide bonds. The van der Waals surface area contributed by atoms with Crippen molar-refractivity contribution < 1.29 is 39.9 Å². The summed E-state index contributed by atoms with van der Waals surface area (Å²) >= 11 is 0. The van der Waals surface area contributed by atoms with Crippen LogP contribution in [0.3, 0.4) is 0 Å². The Bertz CT molecular complexity index is 1380. The molecule has 0 unspecified atom stereocenters. The molecule has 0 saturated heterocycles. The zero-order chi connectivity index (χ0) is 27.2. The monoisotopic (exact) mass is 525 g/mol. The van der Waals surface area contributed by atoms with E-state index in [0.717, 1.165) is 43.4 Å². The first-order valence-corrected chi connectivity index (χ1v) is 10.5. The average molecular weight is 525 g/mol. The highest BCUT2D eigenvalue weighted by Crippen LogP contribution is 2.50. The molecule has 0 bridgehead atoms. The Morgan fingerprint density at radius 1 is 0.811 bits per heavy atom. The van der Waals surface area contributed by atoms with E-state index < -0.39 is 47.1 Å². The maximum Gasteiger partial charge on any atom is 0.430 e. The number of carbonyl (C=O) groups is 1. The molecule has 1 heterocycles. The Hall–Kier alpha value is -4.09. The van der Waals surface area contributed by atoms with Crippen molar-refractivity contribution in [1.29, 1.82) is 0 Å². The molecule has 0 fully saturated rings. The molecule has 0 atom stereocenters. The lowest BCUT2D eigenvalue weighted by Gasteiger charge is -2.32. The number of nitrogens with zero attached hydrogens (tertiary/aromatic N) is 3. The number of benzene rings is 3. The summed E-state index contributed by atoms with van der Waals surface area (Å²) in [6, 6.07) is 14.0. The van der Waals surface area contributed by atoms with E-state index in [0.29, 0.717) is 10.5 Å². The number of hydrogen-bond acceptors (Lipinski definition) is 2. The molecule has 192 valence electrons. The van der Waals surface area contributed by atoms with Gasteiger partial charge in [0, 0.05) is 23.7 Å². The first kappa shape index (κ1) is 26.0. The van der Waals surface area contributed by atoms with Crippen molar-refractivity contribution in [3.8, 4) is 11.1 Å². The second kappa shape index (κ2) is 9.09. The van der Waals surface area contributed by atoms with Gasteiger partial charge in [0.25, 0.3) is 5.91 Å². The van der Waals surface area contributed by atoms with Gasteiger partial charge in [0.2, 0.25) is 0 Å². The summed E-state index contributed by atoms with van der Waals surface area (Å²) in [4.78, 5) is 19.4. The number of hydrogen-bond donors (Lipinski definition) is 0. The summed E-state index contributed by atoms with van der Waals surface area (Å²) in [5.41, 5.74) is -4.94. The average Bonchev–Trinajstić information content (AvgIpc) is 3.13. The summed E-state index contributed by atoms with van der Waals surface area (Å²) < 4.78 is 112. The molecule has 1 aliphatic heterocycles. The van der Waals surface area contributed by atoms with Crippen LogP contribution in [0.15, 0.2) is 82.8 Å². The molecule has 37 heavy (non-hydrogen) atoms. The standard InChI is InChI=1S/C25H15F8N3O/c1-36-20(15-10-12-17(26)13-11-15)35-23(24(28,29)30,25(31,32)33)22(36)34-21(37)16-8-6-14(7-9-16)18-4-2-3-5-19(18)27/h2-13H,1H3/b34-22+. The fraction of sp³-hybridized carbons (Fsp3) is 0.160. The minimum Gasteiger partial charge on any atom is -0.315 e. The van der Waals surface area contributed by atoms with E-state index in [9.17, 15) is 39.9 Å². The highest BCUT2D eigenvalue weighted by Gasteiger charge is 2.78. The predicted octanol–water partition coefficient (Wildman–Crippen LogP) is 6.43. The summed E-state index contributed by atoms with van der Waals surface area (Å²) in [7, 11) is 0.842. The molecule has 4 rings (SSSR count). The van der Waals surface area contributed by atoms with Crippen LogP contribution in [0.4, 0.5) is 35.1 Å². The second-order valence-electron chi connectivity index (χ2n) is 8.01. The third-order valence-electron chi connectivity index (χ3n) is 5.68. The lowest BCUT2D eigenvalue weighted by Crippen LogP contribution is -2.61. The molecule has 0 saturated carbocycles. The van der Waals surface area contributed by atoms with Crippen molar-refractivity contribution in [3.05, 3.63) is 95.6 Å². The summed E-state index contributed by atoms with van der Waals surface area (Å²) in [5.74, 6) is -5.27. The van der Waals surface area contributed by atoms with Crippen molar-refractivity contribution in [3.63, 3.8) is 0 Å². The molecule has 0 N–H and O–H groups in total.